The van der Waals surface area contributed by atoms with Gasteiger partial charge in [0.2, 0.25) is 5.91 Å². The summed E-state index contributed by atoms with van der Waals surface area (Å²) in [6, 6.07) is 18.6. The lowest BCUT2D eigenvalue weighted by Crippen LogP contribution is -2.38. The molecule has 1 unspecified atom stereocenters. The van der Waals surface area contributed by atoms with Crippen molar-refractivity contribution < 1.29 is 4.79 Å². The minimum absolute atomic E-state index is 0. The zero-order chi connectivity index (χ0) is 16.9. The third-order valence-corrected chi connectivity index (χ3v) is 4.58. The van der Waals surface area contributed by atoms with E-state index in [1.165, 1.54) is 5.56 Å². The van der Waals surface area contributed by atoms with E-state index in [0.29, 0.717) is 6.54 Å². The summed E-state index contributed by atoms with van der Waals surface area (Å²) in [7, 11) is 0. The molecule has 0 aromatic heterocycles. The Bertz CT molecular complexity index is 696. The van der Waals surface area contributed by atoms with Crippen LogP contribution < -0.4 is 15.5 Å². The first-order valence-corrected chi connectivity index (χ1v) is 8.60. The van der Waals surface area contributed by atoms with Crippen molar-refractivity contribution in [2.75, 3.05) is 29.4 Å². The van der Waals surface area contributed by atoms with Gasteiger partial charge in [-0.2, -0.15) is 0 Å². The van der Waals surface area contributed by atoms with E-state index < -0.39 is 0 Å². The van der Waals surface area contributed by atoms with Crippen molar-refractivity contribution in [3.8, 4) is 0 Å². The number of benzene rings is 2. The third kappa shape index (κ3) is 4.91. The Balaban J connectivity index is 0.00000169. The van der Waals surface area contributed by atoms with Gasteiger partial charge >= 0.3 is 0 Å². The standard InChI is InChI=1S/C20H25N3O.2ClH/c1-16(14-21)20(24)23-13-7-12-22(15-17-8-3-2-4-9-17)18-10-5-6-11-19(18)23;;/h2-6,8-11,16H,7,12-15,21H2,1H3;2*1H. The normalized spacial score (nSPS) is 14.4. The molecular formula is C20H27Cl2N3O. The summed E-state index contributed by atoms with van der Waals surface area (Å²) in [5.74, 6) is -0.0368. The number of hydrogen-bond donors (Lipinski definition) is 1. The van der Waals surface area contributed by atoms with Crippen molar-refractivity contribution in [3.05, 3.63) is 60.2 Å². The molecular weight excluding hydrogens is 369 g/mol. The molecule has 6 heteroatoms. The van der Waals surface area contributed by atoms with Crippen molar-refractivity contribution in [1.82, 2.24) is 0 Å². The molecule has 0 saturated heterocycles. The van der Waals surface area contributed by atoms with Gasteiger partial charge in [0.1, 0.15) is 0 Å². The maximum absolute atomic E-state index is 12.7. The van der Waals surface area contributed by atoms with Gasteiger partial charge in [0.05, 0.1) is 11.4 Å². The molecule has 1 aliphatic rings. The van der Waals surface area contributed by atoms with Gasteiger partial charge in [-0.1, -0.05) is 49.4 Å². The number of nitrogens with zero attached hydrogens (tertiary/aromatic N) is 2. The summed E-state index contributed by atoms with van der Waals surface area (Å²) < 4.78 is 0. The number of amides is 1. The van der Waals surface area contributed by atoms with Gasteiger partial charge < -0.3 is 15.5 Å². The van der Waals surface area contributed by atoms with E-state index in [0.717, 1.165) is 37.4 Å². The topological polar surface area (TPSA) is 49.6 Å². The van der Waals surface area contributed by atoms with E-state index in [9.17, 15) is 4.79 Å². The number of anilines is 2. The zero-order valence-corrected chi connectivity index (χ0v) is 16.6. The van der Waals surface area contributed by atoms with Crippen LogP contribution in [-0.4, -0.2) is 25.5 Å². The summed E-state index contributed by atoms with van der Waals surface area (Å²) in [4.78, 5) is 17.0. The SMILES string of the molecule is CC(CN)C(=O)N1CCCN(Cc2ccccc2)c2ccccc21.Cl.Cl. The number of carbonyl (C=O) groups excluding carboxylic acids is 1. The van der Waals surface area contributed by atoms with Gasteiger partial charge in [0.25, 0.3) is 0 Å². The van der Waals surface area contributed by atoms with E-state index >= 15 is 0 Å². The monoisotopic (exact) mass is 395 g/mol. The van der Waals surface area contributed by atoms with Crippen LogP contribution in [0, 0.1) is 5.92 Å². The van der Waals surface area contributed by atoms with Gasteiger partial charge in [-0.3, -0.25) is 4.79 Å². The van der Waals surface area contributed by atoms with Crippen molar-refractivity contribution in [3.63, 3.8) is 0 Å². The maximum atomic E-state index is 12.7. The summed E-state index contributed by atoms with van der Waals surface area (Å²) in [6.45, 7) is 4.81. The first-order valence-electron chi connectivity index (χ1n) is 8.60. The number of carbonyl (C=O) groups is 1. The molecule has 0 spiro atoms. The quantitative estimate of drug-likeness (QED) is 0.854. The highest BCUT2D eigenvalue weighted by Gasteiger charge is 2.26. The molecule has 26 heavy (non-hydrogen) atoms. The average molecular weight is 396 g/mol. The Morgan fingerprint density at radius 1 is 1.00 bits per heavy atom. The van der Waals surface area contributed by atoms with Gasteiger partial charge in [-0.25, -0.2) is 0 Å². The molecule has 2 aromatic rings. The molecule has 2 aromatic carbocycles. The average Bonchev–Trinajstić information content (AvgIpc) is 2.81. The molecule has 142 valence electrons. The third-order valence-electron chi connectivity index (χ3n) is 4.58. The number of rotatable bonds is 4. The molecule has 0 fully saturated rings. The van der Waals surface area contributed by atoms with Crippen molar-refractivity contribution in [2.24, 2.45) is 11.7 Å². The van der Waals surface area contributed by atoms with Crippen LogP contribution in [0.5, 0.6) is 0 Å². The lowest BCUT2D eigenvalue weighted by Gasteiger charge is -2.28. The highest BCUT2D eigenvalue weighted by molar-refractivity contribution is 5.98. The number of fused-ring (bicyclic) bond motifs is 1. The van der Waals surface area contributed by atoms with Crippen LogP contribution in [-0.2, 0) is 11.3 Å². The maximum Gasteiger partial charge on any atom is 0.231 e. The lowest BCUT2D eigenvalue weighted by atomic mass is 10.1. The highest BCUT2D eigenvalue weighted by Crippen LogP contribution is 2.33. The van der Waals surface area contributed by atoms with Gasteiger partial charge in [-0.15, -0.1) is 24.8 Å². The van der Waals surface area contributed by atoms with Crippen LogP contribution >= 0.6 is 24.8 Å². The predicted molar refractivity (Wildman–Crippen MR) is 114 cm³/mol. The lowest BCUT2D eigenvalue weighted by molar-refractivity contribution is -0.121. The van der Waals surface area contributed by atoms with Crippen LogP contribution in [0.25, 0.3) is 0 Å². The molecule has 1 amide bonds. The fourth-order valence-corrected chi connectivity index (χ4v) is 3.18. The van der Waals surface area contributed by atoms with Crippen LogP contribution in [0.3, 0.4) is 0 Å². The molecule has 4 nitrogen and oxygen atoms in total. The summed E-state index contributed by atoms with van der Waals surface area (Å²) in [5.41, 5.74) is 9.11. The molecule has 0 saturated carbocycles. The highest BCUT2D eigenvalue weighted by atomic mass is 35.5. The predicted octanol–water partition coefficient (Wildman–Crippen LogP) is 3.87. The molecule has 1 atom stereocenters. The number of hydrogen-bond acceptors (Lipinski definition) is 3. The molecule has 1 aliphatic heterocycles. The Morgan fingerprint density at radius 2 is 1.62 bits per heavy atom. The second kappa shape index (κ2) is 10.4. The Kier molecular flexibility index (Phi) is 8.93. The van der Waals surface area contributed by atoms with Crippen molar-refractivity contribution in [1.29, 1.82) is 0 Å². The number of para-hydroxylation sites is 2. The van der Waals surface area contributed by atoms with Crippen LogP contribution in [0.1, 0.15) is 18.9 Å². The molecule has 0 radical (unpaired) electrons. The smallest absolute Gasteiger partial charge is 0.231 e. The van der Waals surface area contributed by atoms with E-state index in [4.69, 9.17) is 5.73 Å². The van der Waals surface area contributed by atoms with Gasteiger partial charge in [0, 0.05) is 32.1 Å². The van der Waals surface area contributed by atoms with Crippen LogP contribution in [0.15, 0.2) is 54.6 Å². The second-order valence-electron chi connectivity index (χ2n) is 6.38. The number of halogens is 2. The number of nitrogens with two attached hydrogens (primary N) is 1. The largest absolute Gasteiger partial charge is 0.365 e. The summed E-state index contributed by atoms with van der Waals surface area (Å²) in [6.07, 6.45) is 0.949. The molecule has 1 heterocycles. The molecule has 3 rings (SSSR count). The van der Waals surface area contributed by atoms with Gasteiger partial charge in [0.15, 0.2) is 0 Å². The molecule has 0 aliphatic carbocycles. The van der Waals surface area contributed by atoms with Gasteiger partial charge in [-0.05, 0) is 24.1 Å². The second-order valence-corrected chi connectivity index (χ2v) is 6.38. The Labute approximate surface area is 168 Å². The van der Waals surface area contributed by atoms with E-state index in [2.05, 4.69) is 35.2 Å². The van der Waals surface area contributed by atoms with Crippen molar-refractivity contribution in [2.45, 2.75) is 19.9 Å². The minimum Gasteiger partial charge on any atom is -0.365 e. The summed E-state index contributed by atoms with van der Waals surface area (Å²) in [5, 5.41) is 0. The minimum atomic E-state index is -0.154. The zero-order valence-electron chi connectivity index (χ0n) is 15.0. The molecule has 2 N–H and O–H groups in total. The van der Waals surface area contributed by atoms with Crippen molar-refractivity contribution >= 4 is 42.1 Å². The first-order chi connectivity index (χ1) is 11.7. The fourth-order valence-electron chi connectivity index (χ4n) is 3.18. The van der Waals surface area contributed by atoms with Crippen LogP contribution in [0.2, 0.25) is 0 Å². The summed E-state index contributed by atoms with van der Waals surface area (Å²) >= 11 is 0. The Hall–Kier alpha value is -1.75. The van der Waals surface area contributed by atoms with Crippen LogP contribution in [0.4, 0.5) is 11.4 Å². The van der Waals surface area contributed by atoms with E-state index in [1.54, 1.807) is 0 Å². The molecule has 0 bridgehead atoms. The fraction of sp³-hybridized carbons (Fsp3) is 0.350. The van der Waals surface area contributed by atoms with E-state index in [-0.39, 0.29) is 36.6 Å². The first kappa shape index (κ1) is 22.3. The Morgan fingerprint density at radius 3 is 2.27 bits per heavy atom. The van der Waals surface area contributed by atoms with E-state index in [1.807, 2.05) is 36.1 Å².